The largest absolute Gasteiger partial charge is 0.471 e. The van der Waals surface area contributed by atoms with Crippen molar-refractivity contribution in [2.24, 2.45) is 0 Å². The van der Waals surface area contributed by atoms with Gasteiger partial charge in [0, 0.05) is 18.0 Å². The lowest BCUT2D eigenvalue weighted by molar-refractivity contribution is 0.353. The molecule has 0 aliphatic carbocycles. The third-order valence-electron chi connectivity index (χ3n) is 1.63. The van der Waals surface area contributed by atoms with Crippen LogP contribution in [0.3, 0.4) is 0 Å². The summed E-state index contributed by atoms with van der Waals surface area (Å²) in [6.45, 7) is 3.98. The van der Waals surface area contributed by atoms with Crippen LogP contribution in [0, 0.1) is 0 Å². The second kappa shape index (κ2) is 4.61. The van der Waals surface area contributed by atoms with Crippen LogP contribution in [-0.2, 0) is 0 Å². The summed E-state index contributed by atoms with van der Waals surface area (Å²) in [7, 11) is 0. The van der Waals surface area contributed by atoms with Gasteiger partial charge < -0.3 is 4.74 Å². The van der Waals surface area contributed by atoms with Crippen molar-refractivity contribution in [3.8, 4) is 17.1 Å². The maximum absolute atomic E-state index is 5.34. The molecule has 0 spiro atoms. The minimum Gasteiger partial charge on any atom is -0.471 e. The van der Waals surface area contributed by atoms with Gasteiger partial charge in [0.1, 0.15) is 12.9 Å². The standard InChI is InChI=1S/C9H8N4OS/c1-2-3-14-9-8(12-15-13-9)7-4-10-6-11-5-7/h2,4-6H,1,3H2. The van der Waals surface area contributed by atoms with Gasteiger partial charge in [0.05, 0.1) is 11.7 Å². The highest BCUT2D eigenvalue weighted by molar-refractivity contribution is 6.99. The van der Waals surface area contributed by atoms with Crippen LogP contribution in [0.25, 0.3) is 11.3 Å². The predicted octanol–water partition coefficient (Wildman–Crippen LogP) is 1.56. The minimum absolute atomic E-state index is 0.409. The van der Waals surface area contributed by atoms with E-state index in [9.17, 15) is 0 Å². The summed E-state index contributed by atoms with van der Waals surface area (Å²) in [5, 5.41) is 0. The van der Waals surface area contributed by atoms with Gasteiger partial charge >= 0.3 is 0 Å². The van der Waals surface area contributed by atoms with Crippen molar-refractivity contribution in [3.63, 3.8) is 0 Å². The molecular formula is C9H8N4OS. The molecule has 0 fully saturated rings. The van der Waals surface area contributed by atoms with E-state index < -0.39 is 0 Å². The molecule has 2 aromatic heterocycles. The molecule has 0 radical (unpaired) electrons. The van der Waals surface area contributed by atoms with Gasteiger partial charge in [-0.05, 0) is 0 Å². The second-order valence-electron chi connectivity index (χ2n) is 2.64. The summed E-state index contributed by atoms with van der Waals surface area (Å²) < 4.78 is 13.5. The molecule has 76 valence electrons. The summed E-state index contributed by atoms with van der Waals surface area (Å²) >= 11 is 1.10. The smallest absolute Gasteiger partial charge is 0.254 e. The lowest BCUT2D eigenvalue weighted by Crippen LogP contribution is -1.95. The summed E-state index contributed by atoms with van der Waals surface area (Å²) in [6.07, 6.45) is 6.47. The zero-order valence-corrected chi connectivity index (χ0v) is 8.65. The normalized spacial score (nSPS) is 9.87. The van der Waals surface area contributed by atoms with Crippen molar-refractivity contribution in [1.29, 1.82) is 0 Å². The fourth-order valence-electron chi connectivity index (χ4n) is 1.01. The van der Waals surface area contributed by atoms with Gasteiger partial charge in [0.25, 0.3) is 5.88 Å². The molecular weight excluding hydrogens is 212 g/mol. The van der Waals surface area contributed by atoms with Crippen molar-refractivity contribution in [1.82, 2.24) is 18.7 Å². The molecule has 0 saturated carbocycles. The molecule has 0 aliphatic heterocycles. The van der Waals surface area contributed by atoms with Crippen LogP contribution in [0.15, 0.2) is 31.4 Å². The quantitative estimate of drug-likeness (QED) is 0.732. The molecule has 0 N–H and O–H groups in total. The molecule has 0 atom stereocenters. The minimum atomic E-state index is 0.409. The summed E-state index contributed by atoms with van der Waals surface area (Å²) in [6, 6.07) is 0. The summed E-state index contributed by atoms with van der Waals surface area (Å²) in [4.78, 5) is 7.82. The number of ether oxygens (including phenoxy) is 1. The number of hydrogen-bond donors (Lipinski definition) is 0. The van der Waals surface area contributed by atoms with E-state index >= 15 is 0 Å². The molecule has 0 aliphatic rings. The SMILES string of the molecule is C=CCOc1nsnc1-c1cncnc1. The van der Waals surface area contributed by atoms with Crippen LogP contribution < -0.4 is 4.74 Å². The van der Waals surface area contributed by atoms with Gasteiger partial charge in [0.15, 0.2) is 5.69 Å². The Morgan fingerprint density at radius 1 is 1.33 bits per heavy atom. The van der Waals surface area contributed by atoms with E-state index in [1.807, 2.05) is 0 Å². The van der Waals surface area contributed by atoms with Gasteiger partial charge in [0.2, 0.25) is 0 Å². The third-order valence-corrected chi connectivity index (χ3v) is 2.14. The first-order valence-corrected chi connectivity index (χ1v) is 4.96. The van der Waals surface area contributed by atoms with E-state index in [2.05, 4.69) is 25.3 Å². The summed E-state index contributed by atoms with van der Waals surface area (Å²) in [5.74, 6) is 0.495. The predicted molar refractivity (Wildman–Crippen MR) is 56.6 cm³/mol. The van der Waals surface area contributed by atoms with E-state index in [1.54, 1.807) is 18.5 Å². The topological polar surface area (TPSA) is 60.8 Å². The molecule has 2 aromatic rings. The van der Waals surface area contributed by atoms with Crippen LogP contribution in [0.1, 0.15) is 0 Å². The Bertz CT molecular complexity index is 442. The first kappa shape index (κ1) is 9.72. The highest BCUT2D eigenvalue weighted by atomic mass is 32.1. The van der Waals surface area contributed by atoms with Gasteiger partial charge in [-0.2, -0.15) is 4.37 Å². The Morgan fingerprint density at radius 3 is 2.87 bits per heavy atom. The number of rotatable bonds is 4. The van der Waals surface area contributed by atoms with E-state index in [0.29, 0.717) is 18.2 Å². The van der Waals surface area contributed by atoms with Crippen molar-refractivity contribution < 1.29 is 4.74 Å². The highest BCUT2D eigenvalue weighted by Crippen LogP contribution is 2.26. The second-order valence-corrected chi connectivity index (χ2v) is 3.17. The molecule has 0 amide bonds. The van der Waals surface area contributed by atoms with Crippen molar-refractivity contribution in [2.45, 2.75) is 0 Å². The maximum atomic E-state index is 5.34. The molecule has 5 nitrogen and oxygen atoms in total. The van der Waals surface area contributed by atoms with Crippen LogP contribution in [0.4, 0.5) is 0 Å². The Balaban J connectivity index is 2.29. The Morgan fingerprint density at radius 2 is 2.13 bits per heavy atom. The van der Waals surface area contributed by atoms with Gasteiger partial charge in [-0.15, -0.1) is 4.37 Å². The maximum Gasteiger partial charge on any atom is 0.254 e. The molecule has 15 heavy (non-hydrogen) atoms. The van der Waals surface area contributed by atoms with Crippen LogP contribution >= 0.6 is 11.7 Å². The van der Waals surface area contributed by atoms with E-state index in [0.717, 1.165) is 17.3 Å². The first-order valence-electron chi connectivity index (χ1n) is 4.23. The number of hydrogen-bond acceptors (Lipinski definition) is 6. The highest BCUT2D eigenvalue weighted by Gasteiger charge is 2.11. The van der Waals surface area contributed by atoms with Gasteiger partial charge in [-0.3, -0.25) is 0 Å². The van der Waals surface area contributed by atoms with Crippen LogP contribution in [-0.4, -0.2) is 25.3 Å². The van der Waals surface area contributed by atoms with Crippen molar-refractivity contribution in [2.75, 3.05) is 6.61 Å². The molecule has 2 rings (SSSR count). The van der Waals surface area contributed by atoms with Gasteiger partial charge in [-0.1, -0.05) is 12.7 Å². The third kappa shape index (κ3) is 2.16. The summed E-state index contributed by atoms with van der Waals surface area (Å²) in [5.41, 5.74) is 1.47. The van der Waals surface area contributed by atoms with Crippen LogP contribution in [0.2, 0.25) is 0 Å². The Kier molecular flexibility index (Phi) is 2.99. The fraction of sp³-hybridized carbons (Fsp3) is 0.111. The monoisotopic (exact) mass is 220 g/mol. The van der Waals surface area contributed by atoms with Crippen molar-refractivity contribution >= 4 is 11.7 Å². The lowest BCUT2D eigenvalue weighted by atomic mass is 10.2. The van der Waals surface area contributed by atoms with Crippen LogP contribution in [0.5, 0.6) is 5.88 Å². The molecule has 0 unspecified atom stereocenters. The molecule has 0 aromatic carbocycles. The van der Waals surface area contributed by atoms with E-state index in [4.69, 9.17) is 4.74 Å². The van der Waals surface area contributed by atoms with E-state index in [-0.39, 0.29) is 0 Å². The van der Waals surface area contributed by atoms with Gasteiger partial charge in [-0.25, -0.2) is 9.97 Å². The van der Waals surface area contributed by atoms with Crippen molar-refractivity contribution in [3.05, 3.63) is 31.4 Å². The number of aromatic nitrogens is 4. The zero-order valence-electron chi connectivity index (χ0n) is 7.83. The Hall–Kier alpha value is -1.82. The average molecular weight is 220 g/mol. The Labute approximate surface area is 90.8 Å². The lowest BCUT2D eigenvalue weighted by Gasteiger charge is -2.00. The zero-order chi connectivity index (χ0) is 10.5. The molecule has 6 heteroatoms. The van der Waals surface area contributed by atoms with E-state index in [1.165, 1.54) is 6.33 Å². The molecule has 0 saturated heterocycles. The average Bonchev–Trinajstić information content (AvgIpc) is 2.75. The molecule has 2 heterocycles. The number of nitrogens with zero attached hydrogens (tertiary/aromatic N) is 4. The molecule has 0 bridgehead atoms. The fourth-order valence-corrected chi connectivity index (χ4v) is 1.53. The first-order chi connectivity index (χ1) is 7.42.